The highest BCUT2D eigenvalue weighted by Gasteiger charge is 2.09. The van der Waals surface area contributed by atoms with Gasteiger partial charge in [0.25, 0.3) is 0 Å². The number of carbonyl (C=O) groups is 1. The normalized spacial score (nSPS) is 10.8. The first-order valence-electron chi connectivity index (χ1n) is 4.23. The molecule has 1 rings (SSSR count). The Morgan fingerprint density at radius 3 is 2.69 bits per heavy atom. The molecule has 0 amide bonds. The van der Waals surface area contributed by atoms with Crippen LogP contribution in [-0.2, 0) is 9.53 Å². The second-order valence-corrected chi connectivity index (χ2v) is 3.67. The van der Waals surface area contributed by atoms with Crippen LogP contribution < -0.4 is 0 Å². The Bertz CT molecular complexity index is 489. The summed E-state index contributed by atoms with van der Waals surface area (Å²) in [6, 6.07) is 6.50. The van der Waals surface area contributed by atoms with Crippen LogP contribution in [-0.4, -0.2) is 13.1 Å². The van der Waals surface area contributed by atoms with Gasteiger partial charge in [-0.25, -0.2) is 4.79 Å². The van der Waals surface area contributed by atoms with Crippen LogP contribution in [0.4, 0.5) is 0 Å². The molecule has 0 unspecified atom stereocenters. The molecular weight excluding hydrogens is 249 g/mol. The lowest BCUT2D eigenvalue weighted by Gasteiger charge is -2.00. The minimum atomic E-state index is -0.700. The van der Waals surface area contributed by atoms with Crippen molar-refractivity contribution >= 4 is 35.2 Å². The molecule has 1 aromatic carbocycles. The monoisotopic (exact) mass is 255 g/mol. The summed E-state index contributed by atoms with van der Waals surface area (Å²) in [7, 11) is 1.21. The molecule has 1 aromatic rings. The van der Waals surface area contributed by atoms with E-state index in [-0.39, 0.29) is 5.57 Å². The first kappa shape index (κ1) is 12.6. The van der Waals surface area contributed by atoms with Crippen LogP contribution >= 0.6 is 23.2 Å². The van der Waals surface area contributed by atoms with Crippen molar-refractivity contribution in [2.24, 2.45) is 0 Å². The number of benzene rings is 1. The maximum Gasteiger partial charge on any atom is 0.348 e. The summed E-state index contributed by atoms with van der Waals surface area (Å²) in [6.07, 6.45) is 1.35. The Labute approximate surface area is 103 Å². The third kappa shape index (κ3) is 2.99. The van der Waals surface area contributed by atoms with E-state index in [0.717, 1.165) is 0 Å². The lowest BCUT2D eigenvalue weighted by molar-refractivity contribution is -0.135. The number of halogens is 2. The fourth-order valence-corrected chi connectivity index (χ4v) is 1.48. The van der Waals surface area contributed by atoms with Gasteiger partial charge >= 0.3 is 5.97 Å². The van der Waals surface area contributed by atoms with Crippen LogP contribution in [0.25, 0.3) is 6.08 Å². The van der Waals surface area contributed by atoms with Crippen molar-refractivity contribution in [1.29, 1.82) is 5.26 Å². The standard InChI is InChI=1S/C11H7Cl2NO2/c1-16-11(15)8(6-14)4-7-2-3-9(12)5-10(7)13/h2-5H,1H3/b8-4-. The molecule has 0 heterocycles. The zero-order valence-corrected chi connectivity index (χ0v) is 9.84. The van der Waals surface area contributed by atoms with Crippen molar-refractivity contribution in [3.05, 3.63) is 39.4 Å². The zero-order valence-electron chi connectivity index (χ0n) is 8.33. The molecule has 0 fully saturated rings. The summed E-state index contributed by atoms with van der Waals surface area (Å²) in [4.78, 5) is 11.1. The predicted molar refractivity (Wildman–Crippen MR) is 62.1 cm³/mol. The Morgan fingerprint density at radius 1 is 1.50 bits per heavy atom. The number of nitrogens with zero attached hydrogens (tertiary/aromatic N) is 1. The summed E-state index contributed by atoms with van der Waals surface area (Å²) in [5.41, 5.74) is 0.416. The molecule has 0 N–H and O–H groups in total. The molecule has 0 aromatic heterocycles. The van der Waals surface area contributed by atoms with Crippen LogP contribution in [0.5, 0.6) is 0 Å². The number of hydrogen-bond donors (Lipinski definition) is 0. The van der Waals surface area contributed by atoms with E-state index < -0.39 is 5.97 Å². The molecule has 0 bridgehead atoms. The van der Waals surface area contributed by atoms with Gasteiger partial charge in [-0.1, -0.05) is 29.3 Å². The largest absolute Gasteiger partial charge is 0.465 e. The number of hydrogen-bond acceptors (Lipinski definition) is 3. The van der Waals surface area contributed by atoms with Gasteiger partial charge in [-0.05, 0) is 23.8 Å². The van der Waals surface area contributed by atoms with Gasteiger partial charge in [0.05, 0.1) is 7.11 Å². The lowest BCUT2D eigenvalue weighted by atomic mass is 10.1. The smallest absolute Gasteiger partial charge is 0.348 e. The van der Waals surface area contributed by atoms with E-state index in [1.54, 1.807) is 18.2 Å². The average molecular weight is 256 g/mol. The molecule has 82 valence electrons. The van der Waals surface area contributed by atoms with Crippen molar-refractivity contribution < 1.29 is 9.53 Å². The van der Waals surface area contributed by atoms with Crippen LogP contribution in [0.2, 0.25) is 10.0 Å². The van der Waals surface area contributed by atoms with Crippen LogP contribution in [0, 0.1) is 11.3 Å². The quantitative estimate of drug-likeness (QED) is 0.464. The maximum absolute atomic E-state index is 11.1. The molecule has 3 nitrogen and oxygen atoms in total. The minimum Gasteiger partial charge on any atom is -0.465 e. The number of ether oxygens (including phenoxy) is 1. The molecule has 0 spiro atoms. The fourth-order valence-electron chi connectivity index (χ4n) is 1.02. The molecule has 16 heavy (non-hydrogen) atoms. The molecule has 0 atom stereocenters. The fraction of sp³-hybridized carbons (Fsp3) is 0.0909. The summed E-state index contributed by atoms with van der Waals surface area (Å²) in [5.74, 6) is -0.700. The van der Waals surface area contributed by atoms with Gasteiger partial charge in [-0.15, -0.1) is 0 Å². The predicted octanol–water partition coefficient (Wildman–Crippen LogP) is 3.07. The van der Waals surface area contributed by atoms with Crippen molar-refractivity contribution in [3.63, 3.8) is 0 Å². The number of carbonyl (C=O) groups excluding carboxylic acids is 1. The van der Waals surface area contributed by atoms with Gasteiger partial charge in [0, 0.05) is 10.0 Å². The highest BCUT2D eigenvalue weighted by atomic mass is 35.5. The average Bonchev–Trinajstić information content (AvgIpc) is 2.27. The van der Waals surface area contributed by atoms with Crippen molar-refractivity contribution in [2.45, 2.75) is 0 Å². The highest BCUT2D eigenvalue weighted by Crippen LogP contribution is 2.23. The molecule has 0 saturated carbocycles. The van der Waals surface area contributed by atoms with Gasteiger partial charge in [-0.2, -0.15) is 5.26 Å². The maximum atomic E-state index is 11.1. The Kier molecular flexibility index (Phi) is 4.36. The molecule has 5 heteroatoms. The van der Waals surface area contributed by atoms with Gasteiger partial charge in [0.1, 0.15) is 11.6 Å². The van der Waals surface area contributed by atoms with E-state index in [1.807, 2.05) is 0 Å². The summed E-state index contributed by atoms with van der Waals surface area (Å²) < 4.78 is 4.44. The van der Waals surface area contributed by atoms with Gasteiger partial charge in [-0.3, -0.25) is 0 Å². The molecule has 0 saturated heterocycles. The Balaban J connectivity index is 3.15. The number of rotatable bonds is 2. The summed E-state index contributed by atoms with van der Waals surface area (Å²) in [6.45, 7) is 0. The molecule has 0 radical (unpaired) electrons. The van der Waals surface area contributed by atoms with Gasteiger partial charge in [0.2, 0.25) is 0 Å². The zero-order chi connectivity index (χ0) is 12.1. The van der Waals surface area contributed by atoms with E-state index in [0.29, 0.717) is 15.6 Å². The van der Waals surface area contributed by atoms with E-state index >= 15 is 0 Å². The number of esters is 1. The van der Waals surface area contributed by atoms with Gasteiger partial charge < -0.3 is 4.74 Å². The number of nitriles is 1. The van der Waals surface area contributed by atoms with E-state index in [2.05, 4.69) is 4.74 Å². The Hall–Kier alpha value is -1.50. The van der Waals surface area contributed by atoms with Crippen LogP contribution in [0.3, 0.4) is 0 Å². The molecule has 0 aliphatic heterocycles. The summed E-state index contributed by atoms with van der Waals surface area (Å²) in [5, 5.41) is 9.60. The third-order valence-corrected chi connectivity index (χ3v) is 2.35. The van der Waals surface area contributed by atoms with Crippen molar-refractivity contribution in [1.82, 2.24) is 0 Å². The van der Waals surface area contributed by atoms with E-state index in [1.165, 1.54) is 19.3 Å². The van der Waals surface area contributed by atoms with Crippen molar-refractivity contribution in [2.75, 3.05) is 7.11 Å². The van der Waals surface area contributed by atoms with Crippen molar-refractivity contribution in [3.8, 4) is 6.07 Å². The summed E-state index contributed by atoms with van der Waals surface area (Å²) >= 11 is 11.6. The van der Waals surface area contributed by atoms with Gasteiger partial charge in [0.15, 0.2) is 0 Å². The topological polar surface area (TPSA) is 50.1 Å². The molecule has 0 aliphatic rings. The lowest BCUT2D eigenvalue weighted by Crippen LogP contribution is -2.02. The van der Waals surface area contributed by atoms with E-state index in [4.69, 9.17) is 28.5 Å². The molecular formula is C11H7Cl2NO2. The number of methoxy groups -OCH3 is 1. The first-order valence-corrected chi connectivity index (χ1v) is 4.99. The third-order valence-electron chi connectivity index (χ3n) is 1.79. The van der Waals surface area contributed by atoms with Crippen LogP contribution in [0.15, 0.2) is 23.8 Å². The SMILES string of the molecule is COC(=O)/C(C#N)=C\c1ccc(Cl)cc1Cl. The van der Waals surface area contributed by atoms with E-state index in [9.17, 15) is 4.79 Å². The van der Waals surface area contributed by atoms with Crippen LogP contribution in [0.1, 0.15) is 5.56 Å². The highest BCUT2D eigenvalue weighted by molar-refractivity contribution is 6.35. The molecule has 0 aliphatic carbocycles. The second-order valence-electron chi connectivity index (χ2n) is 2.83. The first-order chi connectivity index (χ1) is 7.58. The Morgan fingerprint density at radius 2 is 2.19 bits per heavy atom. The second kappa shape index (κ2) is 5.55. The minimum absolute atomic E-state index is 0.119.